The van der Waals surface area contributed by atoms with Crippen molar-refractivity contribution >= 4 is 17.9 Å². The second-order valence-electron chi connectivity index (χ2n) is 7.16. The average Bonchev–Trinajstić information content (AvgIpc) is 2.53. The van der Waals surface area contributed by atoms with E-state index in [4.69, 9.17) is 4.74 Å². The van der Waals surface area contributed by atoms with Crippen molar-refractivity contribution in [3.63, 3.8) is 0 Å². The van der Waals surface area contributed by atoms with Crippen LogP contribution >= 0.6 is 0 Å². The average molecular weight is 341 g/mol. The molecule has 7 heteroatoms. The van der Waals surface area contributed by atoms with E-state index in [-0.39, 0.29) is 23.9 Å². The lowest BCUT2D eigenvalue weighted by atomic mass is 9.90. The largest absolute Gasteiger partial charge is 0.450 e. The Labute approximate surface area is 144 Å². The Hall–Kier alpha value is -1.79. The topological polar surface area (TPSA) is 87.7 Å². The molecule has 0 atom stereocenters. The van der Waals surface area contributed by atoms with Gasteiger partial charge in [-0.15, -0.1) is 0 Å². The van der Waals surface area contributed by atoms with Crippen LogP contribution in [0.2, 0.25) is 0 Å². The Kier molecular flexibility index (Phi) is 7.51. The second kappa shape index (κ2) is 8.89. The highest BCUT2D eigenvalue weighted by atomic mass is 16.6. The van der Waals surface area contributed by atoms with Crippen LogP contribution in [0.1, 0.15) is 47.5 Å². The van der Waals surface area contributed by atoms with E-state index in [9.17, 15) is 14.4 Å². The molecule has 138 valence electrons. The first-order chi connectivity index (χ1) is 11.2. The summed E-state index contributed by atoms with van der Waals surface area (Å²) in [5.41, 5.74) is -1.12. The molecule has 7 nitrogen and oxygen atoms in total. The fourth-order valence-corrected chi connectivity index (χ4v) is 2.41. The molecule has 2 N–H and O–H groups in total. The molecule has 1 rings (SSSR count). The molecule has 1 heterocycles. The summed E-state index contributed by atoms with van der Waals surface area (Å²) in [5.74, 6) is -0.212. The summed E-state index contributed by atoms with van der Waals surface area (Å²) in [6.07, 6.45) is 1.01. The van der Waals surface area contributed by atoms with E-state index in [0.717, 1.165) is 0 Å². The predicted molar refractivity (Wildman–Crippen MR) is 91.4 cm³/mol. The molecular weight excluding hydrogens is 310 g/mol. The minimum atomic E-state index is -1.12. The molecule has 0 aromatic heterocycles. The summed E-state index contributed by atoms with van der Waals surface area (Å²) in [5, 5.41) is 5.75. The monoisotopic (exact) mass is 341 g/mol. The Morgan fingerprint density at radius 1 is 1.17 bits per heavy atom. The lowest BCUT2D eigenvalue weighted by Gasteiger charge is -2.33. The van der Waals surface area contributed by atoms with Gasteiger partial charge < -0.3 is 20.3 Å². The number of carbonyl (C=O) groups excluding carboxylic acids is 3. The molecule has 0 aromatic rings. The number of nitrogens with zero attached hydrogens (tertiary/aromatic N) is 1. The quantitative estimate of drug-likeness (QED) is 0.717. The van der Waals surface area contributed by atoms with Crippen molar-refractivity contribution < 1.29 is 19.1 Å². The van der Waals surface area contributed by atoms with Crippen molar-refractivity contribution in [1.29, 1.82) is 0 Å². The fourth-order valence-electron chi connectivity index (χ4n) is 2.41. The highest BCUT2D eigenvalue weighted by Gasteiger charge is 2.37. The lowest BCUT2D eigenvalue weighted by Crippen LogP contribution is -2.53. The molecule has 0 unspecified atom stereocenters. The van der Waals surface area contributed by atoms with Crippen molar-refractivity contribution in [1.82, 2.24) is 15.5 Å². The number of ether oxygens (including phenoxy) is 1. The summed E-state index contributed by atoms with van der Waals surface area (Å²) >= 11 is 0. The van der Waals surface area contributed by atoms with Crippen LogP contribution in [-0.4, -0.2) is 55.1 Å². The van der Waals surface area contributed by atoms with Crippen LogP contribution in [0.5, 0.6) is 0 Å². The lowest BCUT2D eigenvalue weighted by molar-refractivity contribution is -0.142. The molecule has 1 saturated heterocycles. The molecule has 1 aliphatic rings. The highest BCUT2D eigenvalue weighted by molar-refractivity contribution is 6.04. The summed E-state index contributed by atoms with van der Waals surface area (Å²) in [7, 11) is 0. The van der Waals surface area contributed by atoms with E-state index in [1.165, 1.54) is 0 Å². The Balaban J connectivity index is 2.47. The minimum Gasteiger partial charge on any atom is -0.450 e. The Bertz CT molecular complexity index is 455. The number of hydrogen-bond acceptors (Lipinski definition) is 4. The van der Waals surface area contributed by atoms with E-state index in [1.807, 2.05) is 13.8 Å². The van der Waals surface area contributed by atoms with Crippen molar-refractivity contribution in [2.24, 2.45) is 11.3 Å². The van der Waals surface area contributed by atoms with E-state index in [1.54, 1.807) is 25.7 Å². The van der Waals surface area contributed by atoms with Gasteiger partial charge in [-0.05, 0) is 39.5 Å². The zero-order chi connectivity index (χ0) is 18.3. The van der Waals surface area contributed by atoms with Crippen LogP contribution in [-0.2, 0) is 14.3 Å². The second-order valence-corrected chi connectivity index (χ2v) is 7.16. The van der Waals surface area contributed by atoms with Gasteiger partial charge in [-0.3, -0.25) is 9.59 Å². The molecule has 0 bridgehead atoms. The molecule has 1 fully saturated rings. The first-order valence-electron chi connectivity index (χ1n) is 8.69. The van der Waals surface area contributed by atoms with E-state index in [0.29, 0.717) is 45.0 Å². The zero-order valence-electron chi connectivity index (χ0n) is 15.5. The van der Waals surface area contributed by atoms with Crippen LogP contribution in [0.25, 0.3) is 0 Å². The van der Waals surface area contributed by atoms with Crippen molar-refractivity contribution in [2.75, 3.05) is 26.2 Å². The van der Waals surface area contributed by atoms with Gasteiger partial charge in [0.05, 0.1) is 6.61 Å². The van der Waals surface area contributed by atoms with Gasteiger partial charge in [-0.1, -0.05) is 13.8 Å². The first-order valence-corrected chi connectivity index (χ1v) is 8.69. The number of likely N-dealkylation sites (tertiary alicyclic amines) is 1. The molecule has 0 aliphatic carbocycles. The van der Waals surface area contributed by atoms with E-state index >= 15 is 0 Å². The third-order valence-corrected chi connectivity index (χ3v) is 4.16. The summed E-state index contributed by atoms with van der Waals surface area (Å²) in [6, 6.07) is -0.0275. The van der Waals surface area contributed by atoms with Crippen molar-refractivity contribution in [3.8, 4) is 0 Å². The number of rotatable bonds is 6. The molecular formula is C17H31N3O4. The molecule has 3 amide bonds. The SMILES string of the molecule is CCOC(=O)N1CCC(NC(=O)C(C)(C)C(=O)NCC(C)C)CC1. The third-order valence-electron chi connectivity index (χ3n) is 4.16. The number of carbonyl (C=O) groups is 3. The predicted octanol–water partition coefficient (Wildman–Crippen LogP) is 1.52. The number of amides is 3. The van der Waals surface area contributed by atoms with Crippen LogP contribution in [0.15, 0.2) is 0 Å². The first kappa shape index (κ1) is 20.3. The van der Waals surface area contributed by atoms with Gasteiger partial charge >= 0.3 is 6.09 Å². The number of nitrogens with one attached hydrogen (secondary N) is 2. The number of piperidine rings is 1. The van der Waals surface area contributed by atoms with Gasteiger partial charge in [0.15, 0.2) is 0 Å². The van der Waals surface area contributed by atoms with Gasteiger partial charge in [-0.2, -0.15) is 0 Å². The van der Waals surface area contributed by atoms with Crippen LogP contribution < -0.4 is 10.6 Å². The summed E-state index contributed by atoms with van der Waals surface area (Å²) < 4.78 is 4.98. The van der Waals surface area contributed by atoms with Crippen LogP contribution in [0.3, 0.4) is 0 Å². The van der Waals surface area contributed by atoms with Crippen LogP contribution in [0.4, 0.5) is 4.79 Å². The number of hydrogen-bond donors (Lipinski definition) is 2. The van der Waals surface area contributed by atoms with Crippen LogP contribution in [0, 0.1) is 11.3 Å². The maximum absolute atomic E-state index is 12.5. The summed E-state index contributed by atoms with van der Waals surface area (Å²) in [6.45, 7) is 11.0. The molecule has 0 aromatic carbocycles. The van der Waals surface area contributed by atoms with E-state index < -0.39 is 5.41 Å². The van der Waals surface area contributed by atoms with Gasteiger partial charge in [0.1, 0.15) is 5.41 Å². The van der Waals surface area contributed by atoms with Crippen molar-refractivity contribution in [3.05, 3.63) is 0 Å². The Morgan fingerprint density at radius 3 is 2.25 bits per heavy atom. The minimum absolute atomic E-state index is 0.0275. The maximum Gasteiger partial charge on any atom is 0.409 e. The molecule has 24 heavy (non-hydrogen) atoms. The standard InChI is InChI=1S/C17H31N3O4/c1-6-24-16(23)20-9-7-13(8-10-20)19-15(22)17(4,5)14(21)18-11-12(2)3/h12-13H,6-11H2,1-5H3,(H,18,21)(H,19,22). The van der Waals surface area contributed by atoms with E-state index in [2.05, 4.69) is 10.6 Å². The van der Waals surface area contributed by atoms with Gasteiger partial charge in [0, 0.05) is 25.7 Å². The molecule has 1 aliphatic heterocycles. The Morgan fingerprint density at radius 2 is 1.75 bits per heavy atom. The van der Waals surface area contributed by atoms with Gasteiger partial charge in [0.2, 0.25) is 11.8 Å². The maximum atomic E-state index is 12.5. The molecule has 0 radical (unpaired) electrons. The molecule has 0 saturated carbocycles. The smallest absolute Gasteiger partial charge is 0.409 e. The normalized spacial score (nSPS) is 16.0. The fraction of sp³-hybridized carbons (Fsp3) is 0.824. The molecule has 0 spiro atoms. The van der Waals surface area contributed by atoms with Gasteiger partial charge in [0.25, 0.3) is 0 Å². The highest BCUT2D eigenvalue weighted by Crippen LogP contribution is 2.18. The summed E-state index contributed by atoms with van der Waals surface area (Å²) in [4.78, 5) is 38.0. The van der Waals surface area contributed by atoms with Gasteiger partial charge in [-0.25, -0.2) is 4.79 Å². The third kappa shape index (κ3) is 5.69. The zero-order valence-corrected chi connectivity index (χ0v) is 15.5. The van der Waals surface area contributed by atoms with Crippen molar-refractivity contribution in [2.45, 2.75) is 53.5 Å².